The molecular formula is C12H16N4S. The maximum Gasteiger partial charge on any atom is 0.171 e. The predicted octanol–water partition coefficient (Wildman–Crippen LogP) is 2.75. The number of nitrogens with zero attached hydrogens (tertiary/aromatic N) is 2. The van der Waals surface area contributed by atoms with E-state index < -0.39 is 0 Å². The zero-order valence-corrected chi connectivity index (χ0v) is 10.8. The largest absolute Gasteiger partial charge is 0.308 e. The molecule has 2 heterocycles. The average molecular weight is 248 g/mol. The van der Waals surface area contributed by atoms with Crippen LogP contribution in [0.4, 0.5) is 5.82 Å². The smallest absolute Gasteiger partial charge is 0.171 e. The van der Waals surface area contributed by atoms with Crippen LogP contribution in [0.3, 0.4) is 0 Å². The predicted molar refractivity (Wildman–Crippen MR) is 71.9 cm³/mol. The molecule has 0 spiro atoms. The molecule has 0 bridgehead atoms. The third-order valence-corrected chi connectivity index (χ3v) is 3.39. The van der Waals surface area contributed by atoms with Crippen LogP contribution in [0, 0.1) is 6.92 Å². The van der Waals surface area contributed by atoms with Crippen LogP contribution in [0.5, 0.6) is 0 Å². The number of nitrogen functional groups attached to an aromatic ring is 1. The molecule has 0 atom stereocenters. The number of nitrogens with two attached hydrogens (primary N) is 1. The van der Waals surface area contributed by atoms with Crippen LogP contribution in [0.1, 0.15) is 23.9 Å². The topological polar surface area (TPSA) is 63.8 Å². The molecule has 0 amide bonds. The number of aryl methyl sites for hydroxylation is 2. The molecule has 4 nitrogen and oxygen atoms in total. The van der Waals surface area contributed by atoms with Crippen molar-refractivity contribution in [2.24, 2.45) is 5.84 Å². The SMILES string of the molecule is CCCc1cc(NN)nc(-c2ccc(C)s2)n1. The molecule has 0 aliphatic carbocycles. The summed E-state index contributed by atoms with van der Waals surface area (Å²) in [6.07, 6.45) is 2.00. The van der Waals surface area contributed by atoms with Gasteiger partial charge in [0.2, 0.25) is 0 Å². The van der Waals surface area contributed by atoms with Gasteiger partial charge >= 0.3 is 0 Å². The first-order chi connectivity index (χ1) is 8.22. The lowest BCUT2D eigenvalue weighted by molar-refractivity contribution is 0.876. The fraction of sp³-hybridized carbons (Fsp3) is 0.333. The standard InChI is InChI=1S/C12H16N4S/c1-3-4-9-7-11(16-13)15-12(14-9)10-6-5-8(2)17-10/h5-7H,3-4,13H2,1-2H3,(H,14,15,16). The molecule has 90 valence electrons. The molecule has 0 aliphatic rings. The molecule has 3 N–H and O–H groups in total. The van der Waals surface area contributed by atoms with Crippen molar-refractivity contribution in [3.8, 4) is 10.7 Å². The number of rotatable bonds is 4. The molecule has 2 aromatic heterocycles. The lowest BCUT2D eigenvalue weighted by atomic mass is 10.2. The Morgan fingerprint density at radius 2 is 2.18 bits per heavy atom. The number of nitrogens with one attached hydrogen (secondary N) is 1. The van der Waals surface area contributed by atoms with E-state index in [1.54, 1.807) is 11.3 Å². The number of hydrazine groups is 1. The average Bonchev–Trinajstić information content (AvgIpc) is 2.76. The van der Waals surface area contributed by atoms with Crippen LogP contribution in [0.25, 0.3) is 10.7 Å². The van der Waals surface area contributed by atoms with E-state index in [0.717, 1.165) is 29.2 Å². The van der Waals surface area contributed by atoms with Crippen molar-refractivity contribution in [3.63, 3.8) is 0 Å². The molecule has 2 aromatic rings. The van der Waals surface area contributed by atoms with Gasteiger partial charge in [-0.15, -0.1) is 11.3 Å². The maximum atomic E-state index is 5.43. The van der Waals surface area contributed by atoms with E-state index in [1.807, 2.05) is 12.1 Å². The highest BCUT2D eigenvalue weighted by molar-refractivity contribution is 7.15. The highest BCUT2D eigenvalue weighted by atomic mass is 32.1. The number of hydrogen-bond acceptors (Lipinski definition) is 5. The molecule has 2 rings (SSSR count). The van der Waals surface area contributed by atoms with Crippen molar-refractivity contribution < 1.29 is 0 Å². The Labute approximate surface area is 105 Å². The second-order valence-electron chi connectivity index (χ2n) is 3.87. The molecule has 0 unspecified atom stereocenters. The van der Waals surface area contributed by atoms with Gasteiger partial charge in [-0.3, -0.25) is 0 Å². The summed E-state index contributed by atoms with van der Waals surface area (Å²) in [5.41, 5.74) is 3.62. The fourth-order valence-electron chi connectivity index (χ4n) is 1.62. The minimum atomic E-state index is 0.671. The van der Waals surface area contributed by atoms with Gasteiger partial charge in [0, 0.05) is 16.6 Å². The van der Waals surface area contributed by atoms with E-state index in [0.29, 0.717) is 5.82 Å². The fourth-order valence-corrected chi connectivity index (χ4v) is 2.42. The third-order valence-electron chi connectivity index (χ3n) is 2.39. The van der Waals surface area contributed by atoms with Gasteiger partial charge in [-0.2, -0.15) is 0 Å². The van der Waals surface area contributed by atoms with Crippen molar-refractivity contribution >= 4 is 17.2 Å². The van der Waals surface area contributed by atoms with E-state index in [9.17, 15) is 0 Å². The summed E-state index contributed by atoms with van der Waals surface area (Å²) in [7, 11) is 0. The van der Waals surface area contributed by atoms with Crippen molar-refractivity contribution in [2.75, 3.05) is 5.43 Å². The lowest BCUT2D eigenvalue weighted by Gasteiger charge is -2.05. The van der Waals surface area contributed by atoms with E-state index >= 15 is 0 Å². The quantitative estimate of drug-likeness (QED) is 0.645. The molecule has 0 saturated carbocycles. The van der Waals surface area contributed by atoms with Crippen molar-refractivity contribution in [1.82, 2.24) is 9.97 Å². The van der Waals surface area contributed by atoms with Gasteiger partial charge in [0.25, 0.3) is 0 Å². The molecule has 0 aliphatic heterocycles. The molecule has 0 aromatic carbocycles. The van der Waals surface area contributed by atoms with E-state index in [2.05, 4.69) is 35.3 Å². The minimum absolute atomic E-state index is 0.671. The van der Waals surface area contributed by atoms with Gasteiger partial charge in [-0.05, 0) is 25.5 Å². The summed E-state index contributed by atoms with van der Waals surface area (Å²) in [4.78, 5) is 11.3. The monoisotopic (exact) mass is 248 g/mol. The van der Waals surface area contributed by atoms with Gasteiger partial charge in [0.1, 0.15) is 5.82 Å². The van der Waals surface area contributed by atoms with Crippen LogP contribution in [0.2, 0.25) is 0 Å². The van der Waals surface area contributed by atoms with Crippen LogP contribution in [-0.2, 0) is 6.42 Å². The Morgan fingerprint density at radius 3 is 2.76 bits per heavy atom. The molecule has 0 fully saturated rings. The van der Waals surface area contributed by atoms with Crippen molar-refractivity contribution in [1.29, 1.82) is 0 Å². The number of hydrogen-bond donors (Lipinski definition) is 2. The molecule has 5 heteroatoms. The summed E-state index contributed by atoms with van der Waals surface area (Å²) < 4.78 is 0. The summed E-state index contributed by atoms with van der Waals surface area (Å²) in [6.45, 7) is 4.21. The molecule has 0 radical (unpaired) electrons. The van der Waals surface area contributed by atoms with Crippen LogP contribution in [-0.4, -0.2) is 9.97 Å². The van der Waals surface area contributed by atoms with Gasteiger partial charge in [-0.1, -0.05) is 13.3 Å². The van der Waals surface area contributed by atoms with Gasteiger partial charge in [-0.25, -0.2) is 15.8 Å². The molecular weight excluding hydrogens is 232 g/mol. The lowest BCUT2D eigenvalue weighted by Crippen LogP contribution is -2.10. The normalized spacial score (nSPS) is 10.5. The summed E-state index contributed by atoms with van der Waals surface area (Å²) in [5.74, 6) is 6.85. The maximum absolute atomic E-state index is 5.43. The second kappa shape index (κ2) is 5.25. The molecule has 0 saturated heterocycles. The van der Waals surface area contributed by atoms with Crippen molar-refractivity contribution in [3.05, 3.63) is 28.8 Å². The first kappa shape index (κ1) is 12.0. The van der Waals surface area contributed by atoms with E-state index in [-0.39, 0.29) is 0 Å². The third kappa shape index (κ3) is 2.81. The van der Waals surface area contributed by atoms with E-state index in [1.165, 1.54) is 4.88 Å². The first-order valence-corrected chi connectivity index (χ1v) is 6.46. The van der Waals surface area contributed by atoms with Gasteiger partial charge in [0.15, 0.2) is 5.82 Å². The Morgan fingerprint density at radius 1 is 1.35 bits per heavy atom. The summed E-state index contributed by atoms with van der Waals surface area (Å²) in [6, 6.07) is 6.02. The van der Waals surface area contributed by atoms with E-state index in [4.69, 9.17) is 5.84 Å². The Hall–Kier alpha value is -1.46. The van der Waals surface area contributed by atoms with Crippen LogP contribution in [0.15, 0.2) is 18.2 Å². The zero-order valence-electron chi connectivity index (χ0n) is 10.0. The highest BCUT2D eigenvalue weighted by Crippen LogP contribution is 2.26. The Balaban J connectivity index is 2.42. The van der Waals surface area contributed by atoms with Crippen LogP contribution < -0.4 is 11.3 Å². The Kier molecular flexibility index (Phi) is 3.71. The van der Waals surface area contributed by atoms with Gasteiger partial charge in [0.05, 0.1) is 4.88 Å². The summed E-state index contributed by atoms with van der Waals surface area (Å²) >= 11 is 1.69. The number of aromatic nitrogens is 2. The molecule has 17 heavy (non-hydrogen) atoms. The van der Waals surface area contributed by atoms with Crippen LogP contribution >= 0.6 is 11.3 Å². The van der Waals surface area contributed by atoms with Crippen molar-refractivity contribution in [2.45, 2.75) is 26.7 Å². The zero-order chi connectivity index (χ0) is 12.3. The number of thiophene rings is 1. The summed E-state index contributed by atoms with van der Waals surface area (Å²) in [5, 5.41) is 0. The van der Waals surface area contributed by atoms with Gasteiger partial charge < -0.3 is 5.43 Å². The number of anilines is 1. The highest BCUT2D eigenvalue weighted by Gasteiger charge is 2.07. The minimum Gasteiger partial charge on any atom is -0.308 e. The first-order valence-electron chi connectivity index (χ1n) is 5.64. The Bertz CT molecular complexity index is 507. The second-order valence-corrected chi connectivity index (χ2v) is 5.16.